The van der Waals surface area contributed by atoms with E-state index in [0.717, 1.165) is 24.9 Å². The topological polar surface area (TPSA) is 29.5 Å². The van der Waals surface area contributed by atoms with E-state index in [2.05, 4.69) is 11.4 Å². The molecule has 0 bridgehead atoms. The summed E-state index contributed by atoms with van der Waals surface area (Å²) in [4.78, 5) is 15.3. The standard InChI is InChI=1S/C16H17NO2S/c18-16(19-12-13-6-2-1-3-7-13)17-10-4-8-14(17)15-9-5-11-20-15/h1-3,5-7,9,11,14H,4,8,10,12H2/t14-/m0/s1. The van der Waals surface area contributed by atoms with Crippen LogP contribution in [0.15, 0.2) is 47.8 Å². The van der Waals surface area contributed by atoms with Crippen LogP contribution in [-0.4, -0.2) is 17.5 Å². The lowest BCUT2D eigenvalue weighted by Gasteiger charge is -2.23. The Morgan fingerprint density at radius 1 is 1.25 bits per heavy atom. The number of hydrogen-bond acceptors (Lipinski definition) is 3. The van der Waals surface area contributed by atoms with E-state index >= 15 is 0 Å². The number of hydrogen-bond donors (Lipinski definition) is 0. The molecule has 0 aliphatic carbocycles. The molecule has 1 fully saturated rings. The molecule has 1 aliphatic rings. The number of nitrogens with zero attached hydrogens (tertiary/aromatic N) is 1. The molecule has 1 saturated heterocycles. The van der Waals surface area contributed by atoms with Gasteiger partial charge in [-0.2, -0.15) is 0 Å². The summed E-state index contributed by atoms with van der Waals surface area (Å²) in [6, 6.07) is 14.1. The maximum absolute atomic E-state index is 12.2. The van der Waals surface area contributed by atoms with Gasteiger partial charge in [0, 0.05) is 11.4 Å². The minimum atomic E-state index is -0.204. The first-order chi connectivity index (χ1) is 9.84. The van der Waals surface area contributed by atoms with Crippen LogP contribution in [0.25, 0.3) is 0 Å². The Bertz CT molecular complexity index is 553. The number of benzene rings is 1. The number of carbonyl (C=O) groups is 1. The molecule has 0 unspecified atom stereocenters. The van der Waals surface area contributed by atoms with Crippen molar-refractivity contribution in [2.75, 3.05) is 6.54 Å². The Labute approximate surface area is 122 Å². The molecule has 104 valence electrons. The highest BCUT2D eigenvalue weighted by molar-refractivity contribution is 7.10. The first-order valence-corrected chi connectivity index (χ1v) is 7.73. The zero-order chi connectivity index (χ0) is 13.8. The lowest BCUT2D eigenvalue weighted by atomic mass is 10.2. The average molecular weight is 287 g/mol. The van der Waals surface area contributed by atoms with Gasteiger partial charge in [-0.1, -0.05) is 36.4 Å². The van der Waals surface area contributed by atoms with E-state index in [4.69, 9.17) is 4.74 Å². The molecule has 0 N–H and O–H groups in total. The van der Waals surface area contributed by atoms with Crippen LogP contribution in [0.1, 0.15) is 29.3 Å². The average Bonchev–Trinajstić information content (AvgIpc) is 3.15. The van der Waals surface area contributed by atoms with Gasteiger partial charge in [-0.15, -0.1) is 11.3 Å². The van der Waals surface area contributed by atoms with Crippen molar-refractivity contribution in [3.63, 3.8) is 0 Å². The highest BCUT2D eigenvalue weighted by Crippen LogP contribution is 2.34. The summed E-state index contributed by atoms with van der Waals surface area (Å²) in [5.41, 5.74) is 1.02. The van der Waals surface area contributed by atoms with E-state index in [0.29, 0.717) is 6.61 Å². The van der Waals surface area contributed by atoms with Crippen LogP contribution >= 0.6 is 11.3 Å². The number of likely N-dealkylation sites (tertiary alicyclic amines) is 1. The van der Waals surface area contributed by atoms with Gasteiger partial charge in [0.2, 0.25) is 0 Å². The minimum absolute atomic E-state index is 0.193. The van der Waals surface area contributed by atoms with Crippen molar-refractivity contribution in [2.24, 2.45) is 0 Å². The quantitative estimate of drug-likeness (QED) is 0.845. The third kappa shape index (κ3) is 2.85. The van der Waals surface area contributed by atoms with Crippen LogP contribution < -0.4 is 0 Å². The fourth-order valence-electron chi connectivity index (χ4n) is 2.56. The Morgan fingerprint density at radius 3 is 2.85 bits per heavy atom. The minimum Gasteiger partial charge on any atom is -0.445 e. The molecule has 2 heterocycles. The smallest absolute Gasteiger partial charge is 0.410 e. The molecule has 0 saturated carbocycles. The number of ether oxygens (including phenoxy) is 1. The Hall–Kier alpha value is -1.81. The Kier molecular flexibility index (Phi) is 4.02. The molecule has 3 rings (SSSR count). The summed E-state index contributed by atoms with van der Waals surface area (Å²) in [5.74, 6) is 0. The zero-order valence-corrected chi connectivity index (χ0v) is 12.0. The van der Waals surface area contributed by atoms with E-state index in [-0.39, 0.29) is 12.1 Å². The summed E-state index contributed by atoms with van der Waals surface area (Å²) in [5, 5.41) is 2.06. The van der Waals surface area contributed by atoms with Gasteiger partial charge in [-0.25, -0.2) is 4.79 Å². The highest BCUT2D eigenvalue weighted by Gasteiger charge is 2.31. The molecule has 4 heteroatoms. The van der Waals surface area contributed by atoms with Crippen LogP contribution in [0.4, 0.5) is 4.79 Å². The first kappa shape index (κ1) is 13.2. The number of carbonyl (C=O) groups excluding carboxylic acids is 1. The summed E-state index contributed by atoms with van der Waals surface area (Å²) in [6.07, 6.45) is 1.87. The molecule has 0 spiro atoms. The SMILES string of the molecule is O=C(OCc1ccccc1)N1CCC[C@H]1c1cccs1. The molecule has 1 aliphatic heterocycles. The largest absolute Gasteiger partial charge is 0.445 e. The lowest BCUT2D eigenvalue weighted by Crippen LogP contribution is -2.30. The molecule has 3 nitrogen and oxygen atoms in total. The molecular weight excluding hydrogens is 270 g/mol. The molecule has 20 heavy (non-hydrogen) atoms. The monoisotopic (exact) mass is 287 g/mol. The predicted octanol–water partition coefficient (Wildman–Crippen LogP) is 4.22. The van der Waals surface area contributed by atoms with Crippen molar-refractivity contribution >= 4 is 17.4 Å². The summed E-state index contributed by atoms with van der Waals surface area (Å²) < 4.78 is 5.43. The van der Waals surface area contributed by atoms with Gasteiger partial charge in [0.25, 0.3) is 0 Å². The van der Waals surface area contributed by atoms with Gasteiger partial charge >= 0.3 is 6.09 Å². The van der Waals surface area contributed by atoms with E-state index < -0.39 is 0 Å². The normalized spacial score (nSPS) is 18.2. The van der Waals surface area contributed by atoms with Crippen molar-refractivity contribution in [2.45, 2.75) is 25.5 Å². The van der Waals surface area contributed by atoms with Gasteiger partial charge in [-0.05, 0) is 29.9 Å². The van der Waals surface area contributed by atoms with Crippen LogP contribution in [0.2, 0.25) is 0 Å². The number of thiophene rings is 1. The fourth-order valence-corrected chi connectivity index (χ4v) is 3.44. The van der Waals surface area contributed by atoms with E-state index in [1.807, 2.05) is 41.3 Å². The molecule has 1 amide bonds. The second-order valence-electron chi connectivity index (χ2n) is 4.91. The van der Waals surface area contributed by atoms with Crippen LogP contribution in [0.5, 0.6) is 0 Å². The zero-order valence-electron chi connectivity index (χ0n) is 11.2. The number of rotatable bonds is 3. The molecule has 2 aromatic rings. The van der Waals surface area contributed by atoms with Crippen molar-refractivity contribution < 1.29 is 9.53 Å². The predicted molar refractivity (Wildman–Crippen MR) is 79.6 cm³/mol. The van der Waals surface area contributed by atoms with E-state index in [1.54, 1.807) is 11.3 Å². The van der Waals surface area contributed by atoms with E-state index in [9.17, 15) is 4.79 Å². The van der Waals surface area contributed by atoms with Crippen molar-refractivity contribution in [1.82, 2.24) is 4.90 Å². The lowest BCUT2D eigenvalue weighted by molar-refractivity contribution is 0.0925. The van der Waals surface area contributed by atoms with Gasteiger partial charge < -0.3 is 9.64 Å². The maximum Gasteiger partial charge on any atom is 0.410 e. The first-order valence-electron chi connectivity index (χ1n) is 6.85. The molecule has 0 radical (unpaired) electrons. The highest BCUT2D eigenvalue weighted by atomic mass is 32.1. The van der Waals surface area contributed by atoms with Gasteiger partial charge in [0.05, 0.1) is 6.04 Å². The van der Waals surface area contributed by atoms with Crippen LogP contribution in [0, 0.1) is 0 Å². The second kappa shape index (κ2) is 6.09. The third-order valence-corrected chi connectivity index (χ3v) is 4.54. The molecule has 1 aromatic carbocycles. The second-order valence-corrected chi connectivity index (χ2v) is 5.89. The molecule has 1 atom stereocenters. The maximum atomic E-state index is 12.2. The summed E-state index contributed by atoms with van der Waals surface area (Å²) >= 11 is 1.71. The van der Waals surface area contributed by atoms with Crippen LogP contribution in [-0.2, 0) is 11.3 Å². The van der Waals surface area contributed by atoms with Crippen LogP contribution in [0.3, 0.4) is 0 Å². The Balaban J connectivity index is 1.62. The summed E-state index contributed by atoms with van der Waals surface area (Å²) in [7, 11) is 0. The fraction of sp³-hybridized carbons (Fsp3) is 0.312. The van der Waals surface area contributed by atoms with Gasteiger partial charge in [-0.3, -0.25) is 0 Å². The molecule has 1 aromatic heterocycles. The van der Waals surface area contributed by atoms with Gasteiger partial charge in [0.1, 0.15) is 6.61 Å². The van der Waals surface area contributed by atoms with Crippen molar-refractivity contribution in [1.29, 1.82) is 0 Å². The third-order valence-electron chi connectivity index (χ3n) is 3.56. The van der Waals surface area contributed by atoms with E-state index in [1.165, 1.54) is 4.88 Å². The molecular formula is C16H17NO2S. The van der Waals surface area contributed by atoms with Crippen molar-refractivity contribution in [3.8, 4) is 0 Å². The summed E-state index contributed by atoms with van der Waals surface area (Å²) in [6.45, 7) is 1.13. The van der Waals surface area contributed by atoms with Gasteiger partial charge in [0.15, 0.2) is 0 Å². The number of amides is 1. The van der Waals surface area contributed by atoms with Crippen molar-refractivity contribution in [3.05, 3.63) is 58.3 Å². The Morgan fingerprint density at radius 2 is 2.10 bits per heavy atom.